The lowest BCUT2D eigenvalue weighted by molar-refractivity contribution is 0.0165. The Kier molecular flexibility index (Phi) is 4.82. The molecule has 1 N–H and O–H groups in total. The average molecular weight is 327 g/mol. The van der Waals surface area contributed by atoms with E-state index in [0.717, 1.165) is 41.3 Å². The minimum absolute atomic E-state index is 0. The van der Waals surface area contributed by atoms with Gasteiger partial charge in [-0.25, -0.2) is 0 Å². The molecule has 2 unspecified atom stereocenters. The molecular weight excluding hydrogens is 298 g/mol. The molecule has 0 bridgehead atoms. The van der Waals surface area contributed by atoms with Gasteiger partial charge in [-0.15, -0.1) is 0 Å². The maximum Gasteiger partial charge on any atom is 0.124 e. The van der Waals surface area contributed by atoms with Crippen LogP contribution in [0.1, 0.15) is 51.9 Å². The molecule has 0 aromatic carbocycles. The van der Waals surface area contributed by atoms with Crippen LogP contribution in [0.3, 0.4) is 0 Å². The summed E-state index contributed by atoms with van der Waals surface area (Å²) >= 11 is 0. The molecule has 2 aliphatic rings. The Hall–Kier alpha value is -1.99. The fourth-order valence-electron chi connectivity index (χ4n) is 3.64. The highest BCUT2D eigenvalue weighted by molar-refractivity contribution is 5.80. The van der Waals surface area contributed by atoms with Crippen molar-refractivity contribution >= 4 is 11.4 Å². The lowest BCUT2D eigenvalue weighted by Crippen LogP contribution is -2.24. The molecule has 0 amide bonds. The Morgan fingerprint density at radius 3 is 2.67 bits per heavy atom. The molecule has 3 rings (SSSR count). The molecule has 1 aromatic rings. The molecule has 24 heavy (non-hydrogen) atoms. The van der Waals surface area contributed by atoms with E-state index >= 15 is 0 Å². The van der Waals surface area contributed by atoms with Crippen LogP contribution in [0.15, 0.2) is 18.2 Å². The van der Waals surface area contributed by atoms with Gasteiger partial charge in [-0.2, -0.15) is 5.26 Å². The molecule has 2 atom stereocenters. The van der Waals surface area contributed by atoms with Gasteiger partial charge in [0.25, 0.3) is 0 Å². The van der Waals surface area contributed by atoms with Crippen LogP contribution in [0.5, 0.6) is 0 Å². The van der Waals surface area contributed by atoms with Gasteiger partial charge in [-0.3, -0.25) is 0 Å². The predicted molar refractivity (Wildman–Crippen MR) is 100 cm³/mol. The van der Waals surface area contributed by atoms with Gasteiger partial charge in [0.1, 0.15) is 11.9 Å². The standard InChI is InChI=1S/C20H27N3O.H2/c1-13(2)24-18-8-7-16(11-14(18)3)19-15(4)17(12-21)20(22-19)23-9-5-6-10-23;/h7-8,11,13-14,18,22H,5-6,9-10H2,1-4H3;1H. The maximum atomic E-state index is 9.61. The first-order valence-electron chi connectivity index (χ1n) is 8.94. The van der Waals surface area contributed by atoms with Gasteiger partial charge in [0.15, 0.2) is 0 Å². The lowest BCUT2D eigenvalue weighted by atomic mass is 9.92. The summed E-state index contributed by atoms with van der Waals surface area (Å²) in [5, 5.41) is 9.61. The maximum absolute atomic E-state index is 9.61. The monoisotopic (exact) mass is 327 g/mol. The van der Waals surface area contributed by atoms with Crippen molar-refractivity contribution in [3.63, 3.8) is 0 Å². The number of nitriles is 1. The largest absolute Gasteiger partial charge is 0.371 e. The molecule has 1 fully saturated rings. The zero-order valence-electron chi connectivity index (χ0n) is 15.1. The van der Waals surface area contributed by atoms with E-state index in [1.54, 1.807) is 0 Å². The summed E-state index contributed by atoms with van der Waals surface area (Å²) in [6.45, 7) is 10.4. The van der Waals surface area contributed by atoms with Crippen LogP contribution >= 0.6 is 0 Å². The highest BCUT2D eigenvalue weighted by Crippen LogP contribution is 2.34. The van der Waals surface area contributed by atoms with Gasteiger partial charge in [0.2, 0.25) is 0 Å². The van der Waals surface area contributed by atoms with Crippen molar-refractivity contribution in [2.75, 3.05) is 18.0 Å². The molecule has 130 valence electrons. The second-order valence-electron chi connectivity index (χ2n) is 7.14. The fraction of sp³-hybridized carbons (Fsp3) is 0.550. The van der Waals surface area contributed by atoms with E-state index in [1.165, 1.54) is 12.8 Å². The third kappa shape index (κ3) is 3.14. The van der Waals surface area contributed by atoms with E-state index in [2.05, 4.69) is 55.0 Å². The third-order valence-corrected chi connectivity index (χ3v) is 4.91. The number of allylic oxidation sites excluding steroid dienone is 2. The summed E-state index contributed by atoms with van der Waals surface area (Å²) in [5.41, 5.74) is 4.06. The number of ether oxygens (including phenoxy) is 1. The summed E-state index contributed by atoms with van der Waals surface area (Å²) in [5.74, 6) is 1.31. The second-order valence-corrected chi connectivity index (χ2v) is 7.14. The van der Waals surface area contributed by atoms with E-state index in [0.29, 0.717) is 5.92 Å². The summed E-state index contributed by atoms with van der Waals surface area (Å²) in [6.07, 6.45) is 9.26. The number of anilines is 1. The SMILES string of the molecule is Cc1c(C2=CC(C)C(OC(C)C)C=C2)[nH]c(N2CCCC2)c1C#N.[HH]. The van der Waals surface area contributed by atoms with Gasteiger partial charge in [-0.05, 0) is 44.7 Å². The van der Waals surface area contributed by atoms with Crippen LogP contribution in [0.2, 0.25) is 0 Å². The molecular formula is C20H29N3O. The summed E-state index contributed by atoms with van der Waals surface area (Å²) in [4.78, 5) is 5.83. The highest BCUT2D eigenvalue weighted by Gasteiger charge is 2.25. The van der Waals surface area contributed by atoms with E-state index in [4.69, 9.17) is 4.74 Å². The number of hydrogen-bond donors (Lipinski definition) is 1. The molecule has 0 spiro atoms. The van der Waals surface area contributed by atoms with Gasteiger partial charge >= 0.3 is 0 Å². The Bertz CT molecular complexity index is 705. The molecule has 0 radical (unpaired) electrons. The molecule has 0 saturated carbocycles. The zero-order chi connectivity index (χ0) is 17.3. The van der Waals surface area contributed by atoms with Gasteiger partial charge in [0.05, 0.1) is 23.5 Å². The molecule has 2 heterocycles. The fourth-order valence-corrected chi connectivity index (χ4v) is 3.64. The van der Waals surface area contributed by atoms with E-state index in [9.17, 15) is 5.26 Å². The van der Waals surface area contributed by atoms with Crippen molar-refractivity contribution in [2.45, 2.75) is 52.7 Å². The second kappa shape index (κ2) is 6.86. The van der Waals surface area contributed by atoms with Crippen LogP contribution in [-0.2, 0) is 4.74 Å². The van der Waals surface area contributed by atoms with Gasteiger partial charge < -0.3 is 14.6 Å². The van der Waals surface area contributed by atoms with Crippen molar-refractivity contribution in [3.8, 4) is 6.07 Å². The summed E-state index contributed by atoms with van der Waals surface area (Å²) < 4.78 is 5.95. The van der Waals surface area contributed by atoms with Crippen molar-refractivity contribution in [1.82, 2.24) is 4.98 Å². The van der Waals surface area contributed by atoms with Crippen molar-refractivity contribution in [1.29, 1.82) is 5.26 Å². The van der Waals surface area contributed by atoms with E-state index in [-0.39, 0.29) is 13.6 Å². The molecule has 1 aliphatic carbocycles. The number of aromatic nitrogens is 1. The molecule has 4 nitrogen and oxygen atoms in total. The Labute approximate surface area is 146 Å². The average Bonchev–Trinajstić information content (AvgIpc) is 3.16. The topological polar surface area (TPSA) is 52.0 Å². The minimum Gasteiger partial charge on any atom is -0.371 e. The van der Waals surface area contributed by atoms with E-state index < -0.39 is 0 Å². The minimum atomic E-state index is 0. The van der Waals surface area contributed by atoms with Crippen LogP contribution in [-0.4, -0.2) is 30.3 Å². The number of nitrogens with one attached hydrogen (secondary N) is 1. The molecule has 1 saturated heterocycles. The first kappa shape index (κ1) is 16.9. The molecule has 4 heteroatoms. The first-order chi connectivity index (χ1) is 11.5. The quantitative estimate of drug-likeness (QED) is 0.890. The predicted octanol–water partition coefficient (Wildman–Crippen LogP) is 4.42. The number of H-pyrrole nitrogens is 1. The number of nitrogens with zero attached hydrogens (tertiary/aromatic N) is 2. The molecule has 1 aliphatic heterocycles. The Morgan fingerprint density at radius 2 is 2.08 bits per heavy atom. The summed E-state index contributed by atoms with van der Waals surface area (Å²) in [6, 6.07) is 2.40. The first-order valence-corrected chi connectivity index (χ1v) is 8.94. The Morgan fingerprint density at radius 1 is 1.38 bits per heavy atom. The van der Waals surface area contributed by atoms with Crippen molar-refractivity contribution in [3.05, 3.63) is 35.0 Å². The smallest absolute Gasteiger partial charge is 0.124 e. The number of hydrogen-bond acceptors (Lipinski definition) is 3. The normalized spacial score (nSPS) is 23.7. The van der Waals surface area contributed by atoms with Crippen molar-refractivity contribution in [2.24, 2.45) is 5.92 Å². The van der Waals surface area contributed by atoms with E-state index in [1.807, 2.05) is 6.92 Å². The van der Waals surface area contributed by atoms with Crippen molar-refractivity contribution < 1.29 is 6.16 Å². The van der Waals surface area contributed by atoms with Crippen LogP contribution in [0.4, 0.5) is 5.82 Å². The number of aromatic amines is 1. The van der Waals surface area contributed by atoms with Crippen LogP contribution < -0.4 is 4.90 Å². The Balaban J connectivity index is 0.00000225. The molecule has 1 aromatic heterocycles. The van der Waals surface area contributed by atoms with Gasteiger partial charge in [-0.1, -0.05) is 25.2 Å². The van der Waals surface area contributed by atoms with Crippen LogP contribution in [0.25, 0.3) is 5.57 Å². The number of rotatable bonds is 4. The zero-order valence-corrected chi connectivity index (χ0v) is 15.1. The summed E-state index contributed by atoms with van der Waals surface area (Å²) in [7, 11) is 0. The van der Waals surface area contributed by atoms with Crippen LogP contribution in [0, 0.1) is 24.2 Å². The van der Waals surface area contributed by atoms with Gasteiger partial charge in [0, 0.05) is 20.4 Å². The lowest BCUT2D eigenvalue weighted by Gasteiger charge is -2.25. The third-order valence-electron chi connectivity index (χ3n) is 4.91. The highest BCUT2D eigenvalue weighted by atomic mass is 16.5.